The maximum atomic E-state index is 12.8. The smallest absolute Gasteiger partial charge is 0.162 e. The number of hydrogen-bond donors (Lipinski definition) is 0. The summed E-state index contributed by atoms with van der Waals surface area (Å²) in [6, 6.07) is 7.73. The minimum absolute atomic E-state index is 0.0157. The summed E-state index contributed by atoms with van der Waals surface area (Å²) in [5.41, 5.74) is 0.539. The second-order valence-electron chi connectivity index (χ2n) is 4.78. The molecular weight excluding hydrogens is 271 g/mol. The van der Waals surface area contributed by atoms with Gasteiger partial charge in [-0.1, -0.05) is 0 Å². The third kappa shape index (κ3) is 6.98. The Morgan fingerprint density at radius 1 is 1.29 bits per heavy atom. The van der Waals surface area contributed by atoms with Crippen molar-refractivity contribution in [3.8, 4) is 6.07 Å². The summed E-state index contributed by atoms with van der Waals surface area (Å²) in [6.45, 7) is 2.79. The van der Waals surface area contributed by atoms with Gasteiger partial charge in [-0.25, -0.2) is 4.39 Å². The lowest BCUT2D eigenvalue weighted by molar-refractivity contribution is 0.0970. The number of ether oxygens (including phenoxy) is 1. The van der Waals surface area contributed by atoms with E-state index in [0.717, 1.165) is 13.1 Å². The topological polar surface area (TPSA) is 53.3 Å². The Bertz CT molecular complexity index is 468. The van der Waals surface area contributed by atoms with Gasteiger partial charge in [-0.05, 0) is 37.2 Å². The number of carbonyl (C=O) groups excluding carboxylic acids is 1. The molecule has 0 heterocycles. The van der Waals surface area contributed by atoms with Crippen LogP contribution in [0.25, 0.3) is 0 Å². The molecular formula is C16H21FN2O2. The standard InChI is InChI=1S/C16H21FN2O2/c1-21-13-12-19(11-3-9-18)10-2-4-16(20)14-5-7-15(17)8-6-14/h5-8H,2-4,10-13H2,1H3. The van der Waals surface area contributed by atoms with E-state index in [9.17, 15) is 9.18 Å². The normalized spacial score (nSPS) is 10.6. The Hall–Kier alpha value is -1.77. The molecule has 0 spiro atoms. The van der Waals surface area contributed by atoms with Crippen molar-refractivity contribution in [3.05, 3.63) is 35.6 Å². The molecule has 1 aromatic rings. The number of carbonyl (C=O) groups is 1. The second kappa shape index (κ2) is 10.0. The number of methoxy groups -OCH3 is 1. The molecule has 0 saturated carbocycles. The van der Waals surface area contributed by atoms with Crippen molar-refractivity contribution in [2.75, 3.05) is 33.4 Å². The third-order valence-electron chi connectivity index (χ3n) is 3.20. The van der Waals surface area contributed by atoms with Gasteiger partial charge in [0, 0.05) is 38.6 Å². The Labute approximate surface area is 125 Å². The molecule has 0 amide bonds. The highest BCUT2D eigenvalue weighted by Gasteiger charge is 2.08. The zero-order chi connectivity index (χ0) is 15.5. The van der Waals surface area contributed by atoms with Crippen molar-refractivity contribution in [3.63, 3.8) is 0 Å². The van der Waals surface area contributed by atoms with Crippen molar-refractivity contribution in [1.82, 2.24) is 4.90 Å². The van der Waals surface area contributed by atoms with E-state index in [4.69, 9.17) is 10.00 Å². The zero-order valence-corrected chi connectivity index (χ0v) is 12.3. The lowest BCUT2D eigenvalue weighted by Crippen LogP contribution is -2.29. The molecule has 0 aliphatic rings. The van der Waals surface area contributed by atoms with Gasteiger partial charge in [0.2, 0.25) is 0 Å². The first kappa shape index (κ1) is 17.3. The molecule has 1 aromatic carbocycles. The average molecular weight is 292 g/mol. The van der Waals surface area contributed by atoms with Crippen LogP contribution in [0.1, 0.15) is 29.6 Å². The van der Waals surface area contributed by atoms with E-state index in [-0.39, 0.29) is 11.6 Å². The summed E-state index contributed by atoms with van der Waals surface area (Å²) >= 11 is 0. The van der Waals surface area contributed by atoms with Gasteiger partial charge in [-0.2, -0.15) is 5.26 Å². The number of Topliss-reactive ketones (excluding diaryl/α,β-unsaturated/α-hetero) is 1. The van der Waals surface area contributed by atoms with Crippen LogP contribution in [0.4, 0.5) is 4.39 Å². The SMILES string of the molecule is COCCN(CCC#N)CCCC(=O)c1ccc(F)cc1. The van der Waals surface area contributed by atoms with Gasteiger partial charge >= 0.3 is 0 Å². The van der Waals surface area contributed by atoms with Crippen LogP contribution in [0.2, 0.25) is 0 Å². The van der Waals surface area contributed by atoms with Gasteiger partial charge in [0.15, 0.2) is 5.78 Å². The molecule has 0 radical (unpaired) electrons. The molecule has 4 nitrogen and oxygen atoms in total. The first-order valence-corrected chi connectivity index (χ1v) is 7.04. The summed E-state index contributed by atoms with van der Waals surface area (Å²) in [6.07, 6.45) is 1.60. The highest BCUT2D eigenvalue weighted by atomic mass is 19.1. The number of hydrogen-bond acceptors (Lipinski definition) is 4. The predicted molar refractivity (Wildman–Crippen MR) is 78.5 cm³/mol. The number of benzene rings is 1. The second-order valence-corrected chi connectivity index (χ2v) is 4.78. The predicted octanol–water partition coefficient (Wildman–Crippen LogP) is 2.65. The number of ketones is 1. The monoisotopic (exact) mass is 292 g/mol. The Balaban J connectivity index is 2.36. The highest BCUT2D eigenvalue weighted by molar-refractivity contribution is 5.95. The summed E-state index contributed by atoms with van der Waals surface area (Å²) in [5.74, 6) is -0.323. The largest absolute Gasteiger partial charge is 0.383 e. The van der Waals surface area contributed by atoms with Crippen LogP contribution in [0.15, 0.2) is 24.3 Å². The van der Waals surface area contributed by atoms with Gasteiger partial charge in [0.25, 0.3) is 0 Å². The van der Waals surface area contributed by atoms with Gasteiger partial charge in [-0.15, -0.1) is 0 Å². The van der Waals surface area contributed by atoms with Crippen LogP contribution in [-0.4, -0.2) is 44.0 Å². The Morgan fingerprint density at radius 3 is 2.62 bits per heavy atom. The number of nitrogens with zero attached hydrogens (tertiary/aromatic N) is 2. The van der Waals surface area contributed by atoms with Crippen LogP contribution >= 0.6 is 0 Å². The first-order chi connectivity index (χ1) is 10.2. The van der Waals surface area contributed by atoms with Gasteiger partial charge in [0.1, 0.15) is 5.82 Å². The fraction of sp³-hybridized carbons (Fsp3) is 0.500. The van der Waals surface area contributed by atoms with Crippen molar-refractivity contribution < 1.29 is 13.9 Å². The summed E-state index contributed by atoms with van der Waals surface area (Å²) < 4.78 is 17.8. The number of halogens is 1. The van der Waals surface area contributed by atoms with E-state index in [0.29, 0.717) is 38.0 Å². The van der Waals surface area contributed by atoms with E-state index >= 15 is 0 Å². The van der Waals surface area contributed by atoms with Gasteiger partial charge in [0.05, 0.1) is 12.7 Å². The zero-order valence-electron chi connectivity index (χ0n) is 12.3. The molecule has 114 valence electrons. The van der Waals surface area contributed by atoms with Crippen molar-refractivity contribution in [2.45, 2.75) is 19.3 Å². The molecule has 1 rings (SSSR count). The van der Waals surface area contributed by atoms with E-state index in [2.05, 4.69) is 11.0 Å². The lowest BCUT2D eigenvalue weighted by atomic mass is 10.1. The van der Waals surface area contributed by atoms with Crippen molar-refractivity contribution >= 4 is 5.78 Å². The Morgan fingerprint density at radius 2 is 2.00 bits per heavy atom. The van der Waals surface area contributed by atoms with Crippen LogP contribution < -0.4 is 0 Å². The number of nitriles is 1. The molecule has 0 aromatic heterocycles. The lowest BCUT2D eigenvalue weighted by Gasteiger charge is -2.20. The molecule has 0 N–H and O–H groups in total. The Kier molecular flexibility index (Phi) is 8.25. The molecule has 5 heteroatoms. The van der Waals surface area contributed by atoms with Gasteiger partial charge in [-0.3, -0.25) is 4.79 Å². The highest BCUT2D eigenvalue weighted by Crippen LogP contribution is 2.08. The third-order valence-corrected chi connectivity index (χ3v) is 3.20. The van der Waals surface area contributed by atoms with Crippen LogP contribution in [-0.2, 0) is 4.74 Å². The van der Waals surface area contributed by atoms with Crippen molar-refractivity contribution in [1.29, 1.82) is 5.26 Å². The molecule has 0 atom stereocenters. The van der Waals surface area contributed by atoms with Crippen LogP contribution in [0.3, 0.4) is 0 Å². The fourth-order valence-electron chi connectivity index (χ4n) is 2.01. The van der Waals surface area contributed by atoms with E-state index < -0.39 is 0 Å². The summed E-state index contributed by atoms with van der Waals surface area (Å²) in [7, 11) is 1.64. The maximum absolute atomic E-state index is 12.8. The van der Waals surface area contributed by atoms with Crippen LogP contribution in [0.5, 0.6) is 0 Å². The van der Waals surface area contributed by atoms with E-state index in [1.54, 1.807) is 7.11 Å². The molecule has 21 heavy (non-hydrogen) atoms. The maximum Gasteiger partial charge on any atom is 0.162 e. The summed E-state index contributed by atoms with van der Waals surface area (Å²) in [4.78, 5) is 14.1. The molecule has 0 aliphatic carbocycles. The average Bonchev–Trinajstić information content (AvgIpc) is 2.50. The van der Waals surface area contributed by atoms with E-state index in [1.165, 1.54) is 24.3 Å². The van der Waals surface area contributed by atoms with Crippen LogP contribution in [0, 0.1) is 17.1 Å². The summed E-state index contributed by atoms with van der Waals surface area (Å²) in [5, 5.41) is 8.63. The molecule has 0 bridgehead atoms. The molecule has 0 saturated heterocycles. The minimum atomic E-state index is -0.339. The molecule has 0 aliphatic heterocycles. The molecule has 0 unspecified atom stereocenters. The number of rotatable bonds is 10. The quantitative estimate of drug-likeness (QED) is 0.622. The minimum Gasteiger partial charge on any atom is -0.383 e. The van der Waals surface area contributed by atoms with E-state index in [1.807, 2.05) is 0 Å². The molecule has 0 fully saturated rings. The fourth-order valence-corrected chi connectivity index (χ4v) is 2.01. The van der Waals surface area contributed by atoms with Gasteiger partial charge < -0.3 is 9.64 Å². The van der Waals surface area contributed by atoms with Crippen molar-refractivity contribution in [2.24, 2.45) is 0 Å². The first-order valence-electron chi connectivity index (χ1n) is 7.04.